The van der Waals surface area contributed by atoms with Gasteiger partial charge in [0.05, 0.1) is 24.2 Å². The first-order valence-electron chi connectivity index (χ1n) is 7.45. The Balaban J connectivity index is 2.56. The molecule has 0 heterocycles. The van der Waals surface area contributed by atoms with Crippen molar-refractivity contribution in [2.24, 2.45) is 5.41 Å². The molecule has 1 saturated carbocycles. The second kappa shape index (κ2) is 6.03. The average Bonchev–Trinajstić information content (AvgIpc) is 2.73. The number of ether oxygens (including phenoxy) is 1. The van der Waals surface area contributed by atoms with Gasteiger partial charge in [0.2, 0.25) is 0 Å². The second-order valence-electron chi connectivity index (χ2n) is 6.00. The summed E-state index contributed by atoms with van der Waals surface area (Å²) in [5.41, 5.74) is -2.46. The van der Waals surface area contributed by atoms with Crippen LogP contribution in [0.3, 0.4) is 0 Å². The van der Waals surface area contributed by atoms with E-state index in [9.17, 15) is 14.8 Å². The molecular weight excluding hydrogens is 269 g/mol. The Morgan fingerprint density at radius 2 is 1.90 bits per heavy atom. The van der Waals surface area contributed by atoms with E-state index in [1.165, 1.54) is 13.2 Å². The number of nitrogens with zero attached hydrogens (tertiary/aromatic N) is 1. The van der Waals surface area contributed by atoms with E-state index in [1.54, 1.807) is 19.1 Å². The fourth-order valence-corrected chi connectivity index (χ4v) is 3.43. The SMILES string of the molecule is COc1cccc(F)c1C(C)(O)C1(C#N)CCCCCC1. The van der Waals surface area contributed by atoms with Gasteiger partial charge in [-0.3, -0.25) is 0 Å². The van der Waals surface area contributed by atoms with Gasteiger partial charge in [0.1, 0.15) is 17.2 Å². The first-order valence-corrected chi connectivity index (χ1v) is 7.45. The van der Waals surface area contributed by atoms with Gasteiger partial charge >= 0.3 is 0 Å². The van der Waals surface area contributed by atoms with Crippen molar-refractivity contribution in [3.63, 3.8) is 0 Å². The van der Waals surface area contributed by atoms with Crippen molar-refractivity contribution in [3.8, 4) is 11.8 Å². The van der Waals surface area contributed by atoms with E-state index in [4.69, 9.17) is 4.74 Å². The van der Waals surface area contributed by atoms with Crippen LogP contribution < -0.4 is 4.74 Å². The fraction of sp³-hybridized carbons (Fsp3) is 0.588. The van der Waals surface area contributed by atoms with Crippen molar-refractivity contribution in [1.82, 2.24) is 0 Å². The van der Waals surface area contributed by atoms with Crippen molar-refractivity contribution in [2.75, 3.05) is 7.11 Å². The molecule has 0 aromatic heterocycles. The van der Waals surface area contributed by atoms with Crippen LogP contribution in [-0.2, 0) is 5.60 Å². The zero-order valence-corrected chi connectivity index (χ0v) is 12.7. The number of hydrogen-bond acceptors (Lipinski definition) is 3. The van der Waals surface area contributed by atoms with E-state index >= 15 is 0 Å². The van der Waals surface area contributed by atoms with E-state index < -0.39 is 16.8 Å². The monoisotopic (exact) mass is 291 g/mol. The van der Waals surface area contributed by atoms with E-state index in [0.29, 0.717) is 18.6 Å². The smallest absolute Gasteiger partial charge is 0.133 e. The van der Waals surface area contributed by atoms with Gasteiger partial charge < -0.3 is 9.84 Å². The molecule has 0 bridgehead atoms. The standard InChI is InChI=1S/C17H22FNO2/c1-16(20,15-13(18)8-7-9-14(15)21-2)17(12-19)10-5-3-4-6-11-17/h7-9,20H,3-6,10-11H2,1-2H3. The van der Waals surface area contributed by atoms with Crippen molar-refractivity contribution in [1.29, 1.82) is 5.26 Å². The van der Waals surface area contributed by atoms with Gasteiger partial charge in [0.25, 0.3) is 0 Å². The molecule has 0 radical (unpaired) electrons. The molecule has 1 aliphatic carbocycles. The summed E-state index contributed by atoms with van der Waals surface area (Å²) in [6.45, 7) is 1.54. The molecule has 0 saturated heterocycles. The minimum absolute atomic E-state index is 0.0935. The maximum Gasteiger partial charge on any atom is 0.133 e. The molecule has 1 aliphatic rings. The number of rotatable bonds is 3. The van der Waals surface area contributed by atoms with Gasteiger partial charge in [0.15, 0.2) is 0 Å². The van der Waals surface area contributed by atoms with Crippen LogP contribution in [0.4, 0.5) is 4.39 Å². The lowest BCUT2D eigenvalue weighted by Crippen LogP contribution is -2.43. The van der Waals surface area contributed by atoms with E-state index in [0.717, 1.165) is 25.7 Å². The highest BCUT2D eigenvalue weighted by Crippen LogP contribution is 2.51. The van der Waals surface area contributed by atoms with Crippen molar-refractivity contribution in [2.45, 2.75) is 51.0 Å². The lowest BCUT2D eigenvalue weighted by Gasteiger charge is -2.40. The Hall–Kier alpha value is -1.60. The quantitative estimate of drug-likeness (QED) is 0.859. The van der Waals surface area contributed by atoms with E-state index in [1.807, 2.05) is 0 Å². The molecule has 0 amide bonds. The number of aliphatic hydroxyl groups is 1. The van der Waals surface area contributed by atoms with Crippen LogP contribution >= 0.6 is 0 Å². The Labute approximate surface area is 125 Å². The fourth-order valence-electron chi connectivity index (χ4n) is 3.43. The highest BCUT2D eigenvalue weighted by molar-refractivity contribution is 5.41. The molecule has 4 heteroatoms. The Morgan fingerprint density at radius 3 is 2.43 bits per heavy atom. The molecule has 1 N–H and O–H groups in total. The molecule has 0 spiro atoms. The minimum atomic E-state index is -1.58. The molecule has 1 unspecified atom stereocenters. The van der Waals surface area contributed by atoms with Crippen LogP contribution in [0, 0.1) is 22.6 Å². The van der Waals surface area contributed by atoms with Gasteiger partial charge in [-0.2, -0.15) is 5.26 Å². The lowest BCUT2D eigenvalue weighted by molar-refractivity contribution is -0.0574. The summed E-state index contributed by atoms with van der Waals surface area (Å²) in [6.07, 6.45) is 5.00. The van der Waals surface area contributed by atoms with Crippen molar-refractivity contribution < 1.29 is 14.2 Å². The number of hydrogen-bond donors (Lipinski definition) is 1. The molecule has 1 aromatic rings. The Kier molecular flexibility index (Phi) is 4.53. The zero-order valence-electron chi connectivity index (χ0n) is 12.7. The highest BCUT2D eigenvalue weighted by atomic mass is 19.1. The van der Waals surface area contributed by atoms with Crippen LogP contribution in [0.5, 0.6) is 5.75 Å². The molecule has 114 valence electrons. The average molecular weight is 291 g/mol. The van der Waals surface area contributed by atoms with Crippen LogP contribution in [0.15, 0.2) is 18.2 Å². The molecule has 1 atom stereocenters. The minimum Gasteiger partial charge on any atom is -0.496 e. The number of nitriles is 1. The summed E-state index contributed by atoms with van der Waals surface area (Å²) in [5.74, 6) is -0.239. The summed E-state index contributed by atoms with van der Waals surface area (Å²) in [4.78, 5) is 0. The normalized spacial score (nSPS) is 20.9. The zero-order chi connectivity index (χ0) is 15.5. The molecular formula is C17H22FNO2. The highest BCUT2D eigenvalue weighted by Gasteiger charge is 2.51. The second-order valence-corrected chi connectivity index (χ2v) is 6.00. The Bertz CT molecular complexity index is 540. The molecule has 21 heavy (non-hydrogen) atoms. The van der Waals surface area contributed by atoms with Gasteiger partial charge in [0, 0.05) is 0 Å². The molecule has 1 aromatic carbocycles. The summed E-state index contributed by atoms with van der Waals surface area (Å²) in [7, 11) is 1.44. The van der Waals surface area contributed by atoms with Gasteiger partial charge in [-0.05, 0) is 31.9 Å². The molecule has 0 aliphatic heterocycles. The third kappa shape index (κ3) is 2.63. The summed E-state index contributed by atoms with van der Waals surface area (Å²) in [5, 5.41) is 20.9. The van der Waals surface area contributed by atoms with Gasteiger partial charge in [-0.25, -0.2) is 4.39 Å². The first kappa shape index (κ1) is 15.8. The predicted octanol–water partition coefficient (Wildman–Crippen LogP) is 3.91. The van der Waals surface area contributed by atoms with Crippen molar-refractivity contribution in [3.05, 3.63) is 29.6 Å². The predicted molar refractivity (Wildman–Crippen MR) is 78.3 cm³/mol. The van der Waals surface area contributed by atoms with Crippen LogP contribution in [-0.4, -0.2) is 12.2 Å². The Morgan fingerprint density at radius 1 is 1.29 bits per heavy atom. The third-order valence-electron chi connectivity index (χ3n) is 4.79. The number of benzene rings is 1. The topological polar surface area (TPSA) is 53.2 Å². The largest absolute Gasteiger partial charge is 0.496 e. The van der Waals surface area contributed by atoms with Gasteiger partial charge in [-0.1, -0.05) is 31.7 Å². The van der Waals surface area contributed by atoms with E-state index in [2.05, 4.69) is 6.07 Å². The van der Waals surface area contributed by atoms with E-state index in [-0.39, 0.29) is 5.56 Å². The van der Waals surface area contributed by atoms with Crippen LogP contribution in [0.1, 0.15) is 51.0 Å². The van der Waals surface area contributed by atoms with Gasteiger partial charge in [-0.15, -0.1) is 0 Å². The maximum absolute atomic E-state index is 14.3. The summed E-state index contributed by atoms with van der Waals surface area (Å²) >= 11 is 0. The summed E-state index contributed by atoms with van der Waals surface area (Å²) < 4.78 is 19.6. The maximum atomic E-state index is 14.3. The summed E-state index contributed by atoms with van der Waals surface area (Å²) in [6, 6.07) is 6.76. The molecule has 1 fully saturated rings. The molecule has 3 nitrogen and oxygen atoms in total. The lowest BCUT2D eigenvalue weighted by atomic mass is 9.65. The molecule has 2 rings (SSSR count). The first-order chi connectivity index (χ1) is 9.98. The van der Waals surface area contributed by atoms with Crippen LogP contribution in [0.25, 0.3) is 0 Å². The van der Waals surface area contributed by atoms with Crippen LogP contribution in [0.2, 0.25) is 0 Å². The number of halogens is 1. The number of methoxy groups -OCH3 is 1. The third-order valence-corrected chi connectivity index (χ3v) is 4.79. The van der Waals surface area contributed by atoms with Crippen molar-refractivity contribution >= 4 is 0 Å².